The zero-order valence-corrected chi connectivity index (χ0v) is 20.9. The van der Waals surface area contributed by atoms with E-state index in [0.717, 1.165) is 17.4 Å². The molecule has 1 N–H and O–H groups in total. The van der Waals surface area contributed by atoms with Crippen LogP contribution in [0, 0.1) is 5.82 Å². The quantitative estimate of drug-likeness (QED) is 0.390. The number of oxazole rings is 1. The van der Waals surface area contributed by atoms with E-state index in [1.54, 1.807) is 11.0 Å². The van der Waals surface area contributed by atoms with E-state index in [1.165, 1.54) is 25.3 Å². The summed E-state index contributed by atoms with van der Waals surface area (Å²) in [4.78, 5) is 19.1. The van der Waals surface area contributed by atoms with Gasteiger partial charge in [-0.25, -0.2) is 12.8 Å². The van der Waals surface area contributed by atoms with Crippen LogP contribution in [-0.2, 0) is 34.4 Å². The molecular formula is C26H24FN3O6S. The summed E-state index contributed by atoms with van der Waals surface area (Å²) in [5, 5.41) is 0. The van der Waals surface area contributed by atoms with Crippen molar-refractivity contribution in [1.82, 2.24) is 9.71 Å². The lowest BCUT2D eigenvalue weighted by atomic mass is 9.92. The van der Waals surface area contributed by atoms with Crippen molar-refractivity contribution in [3.8, 4) is 11.5 Å². The minimum absolute atomic E-state index is 0.0717. The van der Waals surface area contributed by atoms with Gasteiger partial charge >= 0.3 is 0 Å². The summed E-state index contributed by atoms with van der Waals surface area (Å²) < 4.78 is 57.1. The molecule has 1 atom stereocenters. The van der Waals surface area contributed by atoms with E-state index in [9.17, 15) is 17.6 Å². The molecule has 0 spiro atoms. The Balaban J connectivity index is 1.56. The van der Waals surface area contributed by atoms with Crippen molar-refractivity contribution >= 4 is 33.0 Å². The molecule has 0 saturated heterocycles. The number of halogens is 1. The number of hydrogen-bond donors (Lipinski definition) is 1. The van der Waals surface area contributed by atoms with E-state index in [0.29, 0.717) is 22.6 Å². The fourth-order valence-corrected chi connectivity index (χ4v) is 4.86. The van der Waals surface area contributed by atoms with E-state index in [-0.39, 0.29) is 31.1 Å². The van der Waals surface area contributed by atoms with Crippen LogP contribution >= 0.6 is 0 Å². The van der Waals surface area contributed by atoms with Crippen LogP contribution < -0.4 is 19.1 Å². The number of benzene rings is 3. The molecule has 2 heterocycles. The van der Waals surface area contributed by atoms with E-state index in [4.69, 9.17) is 13.9 Å². The zero-order valence-electron chi connectivity index (χ0n) is 20.1. The Hall–Kier alpha value is -4.12. The number of aromatic nitrogens is 1. The Morgan fingerprint density at radius 1 is 1.19 bits per heavy atom. The molecule has 3 aromatic carbocycles. The highest BCUT2D eigenvalue weighted by Crippen LogP contribution is 2.40. The van der Waals surface area contributed by atoms with E-state index in [1.807, 2.05) is 36.4 Å². The summed E-state index contributed by atoms with van der Waals surface area (Å²) in [6, 6.07) is 16.2. The molecule has 0 radical (unpaired) electrons. The number of amides is 1. The number of nitrogens with zero attached hydrogens (tertiary/aromatic N) is 2. The van der Waals surface area contributed by atoms with Crippen molar-refractivity contribution in [1.29, 1.82) is 0 Å². The fourth-order valence-electron chi connectivity index (χ4n) is 4.36. The van der Waals surface area contributed by atoms with Crippen molar-refractivity contribution in [2.24, 2.45) is 0 Å². The first-order valence-corrected chi connectivity index (χ1v) is 13.3. The Morgan fingerprint density at radius 3 is 2.70 bits per heavy atom. The third-order valence-corrected chi connectivity index (χ3v) is 6.63. The number of carbonyl (C=O) groups is 1. The summed E-state index contributed by atoms with van der Waals surface area (Å²) in [5.41, 5.74) is 3.10. The molecule has 1 unspecified atom stereocenters. The zero-order chi connectivity index (χ0) is 26.2. The van der Waals surface area contributed by atoms with Crippen LogP contribution in [0.15, 0.2) is 65.1 Å². The first-order chi connectivity index (χ1) is 17.7. The smallest absolute Gasteiger partial charge is 0.299 e. The summed E-state index contributed by atoms with van der Waals surface area (Å²) in [6.07, 6.45) is 0.997. The number of carbonyl (C=O) groups excluding carboxylic acids is 1. The molecule has 1 aliphatic rings. The highest BCUT2D eigenvalue weighted by atomic mass is 32.2. The number of ether oxygens (including phenoxy) is 2. The Labute approximate surface area is 212 Å². The number of rotatable bonds is 7. The molecule has 4 aromatic rings. The van der Waals surface area contributed by atoms with Gasteiger partial charge in [-0.2, -0.15) is 4.98 Å². The number of anilines is 1. The highest BCUT2D eigenvalue weighted by Gasteiger charge is 2.37. The number of sulfonamides is 1. The van der Waals surface area contributed by atoms with Gasteiger partial charge in [0.15, 0.2) is 17.1 Å². The minimum Gasteiger partial charge on any atom is -0.493 e. The minimum atomic E-state index is -3.84. The standard InChI is InChI=1S/C26H24FN3O6S/c1-34-23-10-8-17-14-30(26-28-20-12-18(27)9-11-22(20)36-26)21(25(31)29-37(2,32)33)13-19(17)24(23)35-15-16-6-4-3-5-7-16/h3-12,21H,13-15H2,1-2H3,(H,29,31). The van der Waals surface area contributed by atoms with Gasteiger partial charge in [-0.05, 0) is 29.3 Å². The van der Waals surface area contributed by atoms with Gasteiger partial charge < -0.3 is 18.8 Å². The van der Waals surface area contributed by atoms with Crippen molar-refractivity contribution in [2.45, 2.75) is 25.6 Å². The molecule has 9 nitrogen and oxygen atoms in total. The molecule has 37 heavy (non-hydrogen) atoms. The normalized spacial score (nSPS) is 15.3. The van der Waals surface area contributed by atoms with Crippen LogP contribution in [0.5, 0.6) is 11.5 Å². The predicted molar refractivity (Wildman–Crippen MR) is 134 cm³/mol. The highest BCUT2D eigenvalue weighted by molar-refractivity contribution is 7.89. The molecule has 0 fully saturated rings. The summed E-state index contributed by atoms with van der Waals surface area (Å²) in [7, 11) is -2.31. The lowest BCUT2D eigenvalue weighted by molar-refractivity contribution is -0.120. The second-order valence-corrected chi connectivity index (χ2v) is 10.5. The lowest BCUT2D eigenvalue weighted by Crippen LogP contribution is -2.51. The van der Waals surface area contributed by atoms with Crippen LogP contribution in [0.1, 0.15) is 16.7 Å². The van der Waals surface area contributed by atoms with Crippen LogP contribution in [0.2, 0.25) is 0 Å². The van der Waals surface area contributed by atoms with Crippen LogP contribution in [0.25, 0.3) is 11.1 Å². The second kappa shape index (κ2) is 9.74. The summed E-state index contributed by atoms with van der Waals surface area (Å²) >= 11 is 0. The van der Waals surface area contributed by atoms with Gasteiger partial charge in [0.05, 0.1) is 13.4 Å². The Kier molecular flexibility index (Phi) is 6.46. The summed E-state index contributed by atoms with van der Waals surface area (Å²) in [6.45, 7) is 0.437. The topological polar surface area (TPSA) is 111 Å². The molecule has 1 aromatic heterocycles. The van der Waals surface area contributed by atoms with Gasteiger partial charge in [0.25, 0.3) is 11.9 Å². The van der Waals surface area contributed by atoms with Gasteiger partial charge in [-0.3, -0.25) is 9.52 Å². The van der Waals surface area contributed by atoms with Crippen molar-refractivity contribution < 1.29 is 31.5 Å². The molecular weight excluding hydrogens is 501 g/mol. The Bertz CT molecular complexity index is 1570. The molecule has 1 aliphatic heterocycles. The monoisotopic (exact) mass is 525 g/mol. The lowest BCUT2D eigenvalue weighted by Gasteiger charge is -2.35. The van der Waals surface area contributed by atoms with Crippen molar-refractivity contribution in [2.75, 3.05) is 18.3 Å². The maximum atomic E-state index is 13.7. The molecule has 0 bridgehead atoms. The third kappa shape index (κ3) is 5.21. The first kappa shape index (κ1) is 24.6. The van der Waals surface area contributed by atoms with Crippen LogP contribution in [-0.4, -0.2) is 38.7 Å². The molecule has 1 amide bonds. The van der Waals surface area contributed by atoms with Gasteiger partial charge in [0, 0.05) is 24.6 Å². The van der Waals surface area contributed by atoms with E-state index in [2.05, 4.69) is 9.71 Å². The number of nitrogens with one attached hydrogen (secondary N) is 1. The van der Waals surface area contributed by atoms with E-state index >= 15 is 0 Å². The van der Waals surface area contributed by atoms with Gasteiger partial charge in [0.2, 0.25) is 10.0 Å². The fraction of sp³-hybridized carbons (Fsp3) is 0.231. The largest absolute Gasteiger partial charge is 0.493 e. The first-order valence-electron chi connectivity index (χ1n) is 11.4. The van der Waals surface area contributed by atoms with Gasteiger partial charge in [-0.1, -0.05) is 36.4 Å². The third-order valence-electron chi connectivity index (χ3n) is 6.05. The molecule has 5 rings (SSSR count). The van der Waals surface area contributed by atoms with Crippen LogP contribution in [0.3, 0.4) is 0 Å². The molecule has 0 saturated carbocycles. The van der Waals surface area contributed by atoms with Crippen LogP contribution in [0.4, 0.5) is 10.4 Å². The van der Waals surface area contributed by atoms with E-state index < -0.39 is 27.8 Å². The summed E-state index contributed by atoms with van der Waals surface area (Å²) in [5.74, 6) is -0.267. The predicted octanol–water partition coefficient (Wildman–Crippen LogP) is 3.56. The SMILES string of the molecule is COc1ccc2c(c1OCc1ccccc1)CC(C(=O)NS(C)(=O)=O)N(c1nc3cc(F)ccc3o1)C2. The molecule has 0 aliphatic carbocycles. The maximum Gasteiger partial charge on any atom is 0.299 e. The van der Waals surface area contributed by atoms with Gasteiger partial charge in [-0.15, -0.1) is 0 Å². The second-order valence-electron chi connectivity index (χ2n) is 8.70. The number of methoxy groups -OCH3 is 1. The Morgan fingerprint density at radius 2 is 1.97 bits per heavy atom. The number of hydrogen-bond acceptors (Lipinski definition) is 8. The molecule has 192 valence electrons. The van der Waals surface area contributed by atoms with Crippen molar-refractivity contribution in [3.05, 3.63) is 83.2 Å². The average Bonchev–Trinajstić information content (AvgIpc) is 3.29. The molecule has 11 heteroatoms. The number of fused-ring (bicyclic) bond motifs is 2. The maximum absolute atomic E-state index is 13.7. The van der Waals surface area contributed by atoms with Crippen molar-refractivity contribution in [3.63, 3.8) is 0 Å². The average molecular weight is 526 g/mol. The van der Waals surface area contributed by atoms with Gasteiger partial charge in [0.1, 0.15) is 24.0 Å².